The van der Waals surface area contributed by atoms with Crippen LogP contribution in [0.25, 0.3) is 5.57 Å². The van der Waals surface area contributed by atoms with Gasteiger partial charge in [-0.1, -0.05) is 18.2 Å². The Morgan fingerprint density at radius 1 is 1.00 bits per heavy atom. The number of hydrogen-bond donors (Lipinski definition) is 1. The molecule has 4 heteroatoms. The molecule has 3 amide bonds. The number of carbonyl (C=O) groups excluding carboxylic acids is 2. The predicted molar refractivity (Wildman–Crippen MR) is 78.4 cm³/mol. The van der Waals surface area contributed by atoms with Crippen LogP contribution < -0.4 is 10.2 Å². The van der Waals surface area contributed by atoms with Gasteiger partial charge in [0, 0.05) is 18.7 Å². The maximum Gasteiger partial charge on any atom is 0.328 e. The van der Waals surface area contributed by atoms with E-state index < -0.39 is 0 Å². The molecule has 0 radical (unpaired) electrons. The minimum absolute atomic E-state index is 0.199. The van der Waals surface area contributed by atoms with Crippen molar-refractivity contribution >= 4 is 23.2 Å². The second-order valence-electron chi connectivity index (χ2n) is 5.28. The Kier molecular flexibility index (Phi) is 3.54. The van der Waals surface area contributed by atoms with Crippen molar-refractivity contribution in [2.75, 3.05) is 11.4 Å². The fourth-order valence-corrected chi connectivity index (χ4v) is 2.77. The lowest BCUT2D eigenvalue weighted by Gasteiger charge is -2.26. The Morgan fingerprint density at radius 2 is 1.80 bits per heavy atom. The van der Waals surface area contributed by atoms with E-state index in [4.69, 9.17) is 0 Å². The molecule has 0 unspecified atom stereocenters. The van der Waals surface area contributed by atoms with E-state index in [1.165, 1.54) is 24.0 Å². The lowest BCUT2D eigenvalue weighted by molar-refractivity contribution is -0.120. The van der Waals surface area contributed by atoms with Gasteiger partial charge in [-0.05, 0) is 49.0 Å². The number of benzene rings is 1. The fourth-order valence-electron chi connectivity index (χ4n) is 2.77. The summed E-state index contributed by atoms with van der Waals surface area (Å²) in [4.78, 5) is 24.5. The average molecular weight is 270 g/mol. The van der Waals surface area contributed by atoms with Gasteiger partial charge >= 0.3 is 6.03 Å². The van der Waals surface area contributed by atoms with E-state index in [1.807, 2.05) is 12.1 Å². The topological polar surface area (TPSA) is 49.4 Å². The summed E-state index contributed by atoms with van der Waals surface area (Å²) < 4.78 is 0. The van der Waals surface area contributed by atoms with Gasteiger partial charge in [0.15, 0.2) is 0 Å². The summed E-state index contributed by atoms with van der Waals surface area (Å²) in [5, 5.41) is 2.34. The van der Waals surface area contributed by atoms with Crippen molar-refractivity contribution in [3.63, 3.8) is 0 Å². The molecule has 2 aliphatic rings. The normalized spacial score (nSPS) is 19.6. The molecule has 1 aromatic carbocycles. The second-order valence-corrected chi connectivity index (χ2v) is 5.28. The minimum atomic E-state index is -0.328. The molecule has 1 saturated heterocycles. The van der Waals surface area contributed by atoms with Crippen LogP contribution in [0.4, 0.5) is 10.5 Å². The quantitative estimate of drug-likeness (QED) is 0.897. The maximum absolute atomic E-state index is 11.8. The van der Waals surface area contributed by atoms with E-state index in [1.54, 1.807) is 4.90 Å². The van der Waals surface area contributed by atoms with Gasteiger partial charge in [-0.15, -0.1) is 0 Å². The molecule has 1 heterocycles. The summed E-state index contributed by atoms with van der Waals surface area (Å²) in [6.07, 6.45) is 7.50. The number of nitrogens with zero attached hydrogens (tertiary/aromatic N) is 1. The molecule has 0 atom stereocenters. The summed E-state index contributed by atoms with van der Waals surface area (Å²) in [5.74, 6) is -0.199. The van der Waals surface area contributed by atoms with Gasteiger partial charge in [0.05, 0.1) is 0 Å². The summed E-state index contributed by atoms with van der Waals surface area (Å²) in [6, 6.07) is 7.72. The van der Waals surface area contributed by atoms with Crippen LogP contribution in [0.1, 0.15) is 37.7 Å². The second kappa shape index (κ2) is 5.49. The lowest BCUT2D eigenvalue weighted by Crippen LogP contribution is -2.49. The minimum Gasteiger partial charge on any atom is -0.294 e. The summed E-state index contributed by atoms with van der Waals surface area (Å²) >= 11 is 0. The number of urea groups is 1. The highest BCUT2D eigenvalue weighted by atomic mass is 16.2. The molecular formula is C16H18N2O2. The Bertz CT molecular complexity index is 560. The summed E-state index contributed by atoms with van der Waals surface area (Å²) in [6.45, 7) is 0.451. The van der Waals surface area contributed by atoms with E-state index in [0.717, 1.165) is 18.5 Å². The van der Waals surface area contributed by atoms with Crippen LogP contribution in [0, 0.1) is 0 Å². The molecule has 1 aliphatic carbocycles. The van der Waals surface area contributed by atoms with Crippen LogP contribution in [0.5, 0.6) is 0 Å². The molecule has 1 N–H and O–H groups in total. The van der Waals surface area contributed by atoms with Gasteiger partial charge in [0.25, 0.3) is 0 Å². The van der Waals surface area contributed by atoms with E-state index >= 15 is 0 Å². The first-order valence-corrected chi connectivity index (χ1v) is 7.15. The molecule has 20 heavy (non-hydrogen) atoms. The van der Waals surface area contributed by atoms with Crippen molar-refractivity contribution in [3.8, 4) is 0 Å². The van der Waals surface area contributed by atoms with Gasteiger partial charge in [0.1, 0.15) is 0 Å². The number of imide groups is 1. The van der Waals surface area contributed by atoms with E-state index in [-0.39, 0.29) is 11.9 Å². The zero-order valence-corrected chi connectivity index (χ0v) is 11.4. The van der Waals surface area contributed by atoms with Crippen molar-refractivity contribution in [1.82, 2.24) is 5.32 Å². The van der Waals surface area contributed by atoms with E-state index in [9.17, 15) is 9.59 Å². The van der Waals surface area contributed by atoms with Crippen LogP contribution >= 0.6 is 0 Å². The lowest BCUT2D eigenvalue weighted by atomic mass is 9.93. The van der Waals surface area contributed by atoms with Crippen LogP contribution in [-0.2, 0) is 4.79 Å². The third kappa shape index (κ3) is 2.59. The number of allylic oxidation sites excluding steroid dienone is 2. The summed E-state index contributed by atoms with van der Waals surface area (Å²) in [5.41, 5.74) is 3.48. The van der Waals surface area contributed by atoms with Crippen LogP contribution in [0.3, 0.4) is 0 Å². The van der Waals surface area contributed by atoms with Crippen molar-refractivity contribution in [1.29, 1.82) is 0 Å². The maximum atomic E-state index is 11.8. The molecule has 1 fully saturated rings. The zero-order valence-electron chi connectivity index (χ0n) is 11.4. The van der Waals surface area contributed by atoms with Gasteiger partial charge in [-0.3, -0.25) is 15.0 Å². The monoisotopic (exact) mass is 270 g/mol. The Labute approximate surface area is 118 Å². The molecule has 0 saturated carbocycles. The van der Waals surface area contributed by atoms with Crippen LogP contribution in [-0.4, -0.2) is 18.5 Å². The molecule has 1 aliphatic heterocycles. The van der Waals surface area contributed by atoms with Gasteiger partial charge in [0.2, 0.25) is 5.91 Å². The SMILES string of the molecule is O=C1CCN(c2ccc(C3=CCCCC3)cc2)C(=O)N1. The van der Waals surface area contributed by atoms with Crippen LogP contribution in [0.2, 0.25) is 0 Å². The number of carbonyl (C=O) groups is 2. The van der Waals surface area contributed by atoms with Crippen molar-refractivity contribution in [3.05, 3.63) is 35.9 Å². The van der Waals surface area contributed by atoms with E-state index in [2.05, 4.69) is 23.5 Å². The standard InChI is InChI=1S/C16H18N2O2/c19-15-10-11-18(16(20)17-15)14-8-6-13(7-9-14)12-4-2-1-3-5-12/h4,6-9H,1-3,5,10-11H2,(H,17,19,20). The number of nitrogens with one attached hydrogen (secondary N) is 1. The Balaban J connectivity index is 1.77. The molecule has 0 bridgehead atoms. The fraction of sp³-hybridized carbons (Fsp3) is 0.375. The molecule has 4 nitrogen and oxygen atoms in total. The first-order chi connectivity index (χ1) is 9.74. The number of amides is 3. The number of rotatable bonds is 2. The largest absolute Gasteiger partial charge is 0.328 e. The van der Waals surface area contributed by atoms with Gasteiger partial charge in [-0.2, -0.15) is 0 Å². The number of hydrogen-bond acceptors (Lipinski definition) is 2. The third-order valence-electron chi connectivity index (χ3n) is 3.89. The Morgan fingerprint density at radius 3 is 2.45 bits per heavy atom. The van der Waals surface area contributed by atoms with Crippen molar-refractivity contribution in [2.45, 2.75) is 32.1 Å². The molecule has 104 valence electrons. The Hall–Kier alpha value is -2.10. The highest BCUT2D eigenvalue weighted by molar-refractivity contribution is 6.05. The zero-order chi connectivity index (χ0) is 13.9. The van der Waals surface area contributed by atoms with Crippen molar-refractivity contribution < 1.29 is 9.59 Å². The average Bonchev–Trinajstić information content (AvgIpc) is 2.48. The van der Waals surface area contributed by atoms with Gasteiger partial charge in [-0.25, -0.2) is 4.79 Å². The molecular weight excluding hydrogens is 252 g/mol. The van der Waals surface area contributed by atoms with Crippen molar-refractivity contribution in [2.24, 2.45) is 0 Å². The molecule has 1 aromatic rings. The molecule has 0 spiro atoms. The van der Waals surface area contributed by atoms with Crippen LogP contribution in [0.15, 0.2) is 30.3 Å². The highest BCUT2D eigenvalue weighted by Crippen LogP contribution is 2.28. The van der Waals surface area contributed by atoms with E-state index in [0.29, 0.717) is 13.0 Å². The first-order valence-electron chi connectivity index (χ1n) is 7.15. The highest BCUT2D eigenvalue weighted by Gasteiger charge is 2.24. The third-order valence-corrected chi connectivity index (χ3v) is 3.89. The smallest absolute Gasteiger partial charge is 0.294 e. The summed E-state index contributed by atoms with van der Waals surface area (Å²) in [7, 11) is 0. The molecule has 0 aromatic heterocycles. The number of anilines is 1. The molecule has 3 rings (SSSR count). The predicted octanol–water partition coefficient (Wildman–Crippen LogP) is 3.09. The first kappa shape index (κ1) is 12.9. The van der Waals surface area contributed by atoms with Gasteiger partial charge < -0.3 is 0 Å².